The van der Waals surface area contributed by atoms with E-state index in [0.717, 1.165) is 24.5 Å². The number of anilines is 1. The number of thioether (sulfide) groups is 1. The third-order valence-electron chi connectivity index (χ3n) is 5.49. The van der Waals surface area contributed by atoms with Crippen molar-refractivity contribution in [2.75, 3.05) is 29.6 Å². The number of amides is 2. The number of pyridine rings is 1. The van der Waals surface area contributed by atoms with Crippen LogP contribution in [0.15, 0.2) is 48.7 Å². The fraction of sp³-hybridized carbons (Fsp3) is 0.435. The molecule has 2 amide bonds. The van der Waals surface area contributed by atoms with E-state index >= 15 is 0 Å². The molecular formula is C23H28N4O3S. The smallest absolute Gasteiger partial charge is 0.256 e. The zero-order chi connectivity index (χ0) is 21.8. The highest BCUT2D eigenvalue weighted by Gasteiger charge is 2.35. The van der Waals surface area contributed by atoms with Crippen LogP contribution in [0, 0.1) is 0 Å². The molecule has 0 radical (unpaired) electrons. The van der Waals surface area contributed by atoms with Gasteiger partial charge in [0.2, 0.25) is 5.91 Å². The number of rotatable bonds is 5. The maximum Gasteiger partial charge on any atom is 0.256 e. The number of benzene rings is 1. The first kappa shape index (κ1) is 21.6. The molecule has 3 heterocycles. The first-order valence-corrected chi connectivity index (χ1v) is 11.7. The van der Waals surface area contributed by atoms with Crippen LogP contribution in [0.5, 0.6) is 0 Å². The van der Waals surface area contributed by atoms with Crippen molar-refractivity contribution in [2.45, 2.75) is 38.6 Å². The zero-order valence-electron chi connectivity index (χ0n) is 17.9. The summed E-state index contributed by atoms with van der Waals surface area (Å²) < 4.78 is 5.78. The number of ether oxygens (including phenoxy) is 1. The van der Waals surface area contributed by atoms with Gasteiger partial charge >= 0.3 is 0 Å². The lowest BCUT2D eigenvalue weighted by Crippen LogP contribution is -2.47. The van der Waals surface area contributed by atoms with Gasteiger partial charge in [-0.15, -0.1) is 11.8 Å². The van der Waals surface area contributed by atoms with Gasteiger partial charge in [0, 0.05) is 31.6 Å². The molecule has 164 valence electrons. The second-order valence-electron chi connectivity index (χ2n) is 8.06. The maximum absolute atomic E-state index is 13.1. The van der Waals surface area contributed by atoms with Gasteiger partial charge in [-0.05, 0) is 31.5 Å². The van der Waals surface area contributed by atoms with Gasteiger partial charge in [0.25, 0.3) is 5.91 Å². The molecule has 2 fully saturated rings. The summed E-state index contributed by atoms with van der Waals surface area (Å²) in [4.78, 5) is 34.2. The van der Waals surface area contributed by atoms with E-state index < -0.39 is 6.04 Å². The summed E-state index contributed by atoms with van der Waals surface area (Å²) in [6.07, 6.45) is 1.90. The van der Waals surface area contributed by atoms with Gasteiger partial charge in [0.15, 0.2) is 0 Å². The number of hydrogen-bond acceptors (Lipinski definition) is 6. The Balaban J connectivity index is 1.39. The minimum absolute atomic E-state index is 0.122. The Labute approximate surface area is 187 Å². The number of morpholine rings is 1. The van der Waals surface area contributed by atoms with Crippen LogP contribution in [0.4, 0.5) is 5.82 Å². The molecule has 0 unspecified atom stereocenters. The summed E-state index contributed by atoms with van der Waals surface area (Å²) in [6, 6.07) is 13.0. The van der Waals surface area contributed by atoms with Crippen molar-refractivity contribution >= 4 is 29.4 Å². The molecule has 31 heavy (non-hydrogen) atoms. The molecule has 2 saturated heterocycles. The lowest BCUT2D eigenvalue weighted by Gasteiger charge is -2.36. The molecule has 1 aromatic heterocycles. The van der Waals surface area contributed by atoms with E-state index in [0.29, 0.717) is 23.7 Å². The topological polar surface area (TPSA) is 74.8 Å². The molecule has 1 aromatic carbocycles. The first-order valence-electron chi connectivity index (χ1n) is 10.6. The van der Waals surface area contributed by atoms with Crippen LogP contribution in [0.1, 0.15) is 29.8 Å². The van der Waals surface area contributed by atoms with Gasteiger partial charge in [0.1, 0.15) is 11.9 Å². The molecule has 0 bridgehead atoms. The molecule has 8 heteroatoms. The summed E-state index contributed by atoms with van der Waals surface area (Å²) in [5, 5.41) is 2.96. The molecule has 0 aliphatic carbocycles. The second-order valence-corrected chi connectivity index (χ2v) is 9.06. The summed E-state index contributed by atoms with van der Waals surface area (Å²) in [5.74, 6) is 1.66. The largest absolute Gasteiger partial charge is 0.372 e. The minimum Gasteiger partial charge on any atom is -0.372 e. The van der Waals surface area contributed by atoms with Gasteiger partial charge < -0.3 is 19.9 Å². The number of nitrogens with one attached hydrogen (secondary N) is 1. The predicted octanol–water partition coefficient (Wildman–Crippen LogP) is 2.53. The number of nitrogens with zero attached hydrogens (tertiary/aromatic N) is 3. The van der Waals surface area contributed by atoms with Crippen LogP contribution in [-0.2, 0) is 16.1 Å². The Hall–Kier alpha value is -2.58. The van der Waals surface area contributed by atoms with Crippen molar-refractivity contribution < 1.29 is 14.3 Å². The predicted molar refractivity (Wildman–Crippen MR) is 122 cm³/mol. The summed E-state index contributed by atoms with van der Waals surface area (Å²) in [5.41, 5.74) is 1.53. The van der Waals surface area contributed by atoms with E-state index in [1.165, 1.54) is 0 Å². The van der Waals surface area contributed by atoms with Crippen LogP contribution in [-0.4, -0.2) is 64.7 Å². The Morgan fingerprint density at radius 1 is 1.13 bits per heavy atom. The number of carbonyl (C=O) groups excluding carboxylic acids is 2. The molecular weight excluding hydrogens is 412 g/mol. The van der Waals surface area contributed by atoms with Crippen LogP contribution >= 0.6 is 11.8 Å². The molecule has 7 nitrogen and oxygen atoms in total. The van der Waals surface area contributed by atoms with Gasteiger partial charge in [-0.1, -0.05) is 30.3 Å². The Morgan fingerprint density at radius 2 is 1.87 bits per heavy atom. The molecule has 4 rings (SSSR count). The highest BCUT2D eigenvalue weighted by molar-refractivity contribution is 7.99. The molecule has 0 spiro atoms. The quantitative estimate of drug-likeness (QED) is 0.770. The number of aromatic nitrogens is 1. The highest BCUT2D eigenvalue weighted by atomic mass is 32.2. The number of carbonyl (C=O) groups is 2. The lowest BCUT2D eigenvalue weighted by molar-refractivity contribution is -0.124. The zero-order valence-corrected chi connectivity index (χ0v) is 18.7. The van der Waals surface area contributed by atoms with Crippen LogP contribution in [0.3, 0.4) is 0 Å². The molecule has 3 atom stereocenters. The fourth-order valence-corrected chi connectivity index (χ4v) is 5.15. The molecule has 2 aromatic rings. The third-order valence-corrected chi connectivity index (χ3v) is 6.51. The molecule has 1 N–H and O–H groups in total. The monoisotopic (exact) mass is 440 g/mol. The van der Waals surface area contributed by atoms with Crippen molar-refractivity contribution in [3.05, 3.63) is 59.8 Å². The fourth-order valence-electron chi connectivity index (χ4n) is 3.99. The maximum atomic E-state index is 13.1. The third kappa shape index (κ3) is 5.19. The van der Waals surface area contributed by atoms with Crippen molar-refractivity contribution in [3.63, 3.8) is 0 Å². The lowest BCUT2D eigenvalue weighted by atomic mass is 10.2. The first-order chi connectivity index (χ1) is 15.0. The van der Waals surface area contributed by atoms with Gasteiger partial charge in [0.05, 0.1) is 23.6 Å². The van der Waals surface area contributed by atoms with E-state index in [4.69, 9.17) is 4.74 Å². The van der Waals surface area contributed by atoms with Crippen LogP contribution in [0.25, 0.3) is 0 Å². The average molecular weight is 441 g/mol. The average Bonchev–Trinajstić information content (AvgIpc) is 3.27. The molecule has 2 aliphatic rings. The Kier molecular flexibility index (Phi) is 6.77. The van der Waals surface area contributed by atoms with Crippen LogP contribution in [0.2, 0.25) is 0 Å². The Bertz CT molecular complexity index is 899. The van der Waals surface area contributed by atoms with Crippen molar-refractivity contribution in [2.24, 2.45) is 0 Å². The summed E-state index contributed by atoms with van der Waals surface area (Å²) in [6.45, 7) is 6.10. The summed E-state index contributed by atoms with van der Waals surface area (Å²) >= 11 is 1.59. The van der Waals surface area contributed by atoms with E-state index in [1.807, 2.05) is 36.4 Å². The normalized spacial score (nSPS) is 23.6. The van der Waals surface area contributed by atoms with Crippen LogP contribution < -0.4 is 10.2 Å². The molecule has 0 saturated carbocycles. The van der Waals surface area contributed by atoms with E-state index in [1.54, 1.807) is 28.9 Å². The summed E-state index contributed by atoms with van der Waals surface area (Å²) in [7, 11) is 0. The SMILES string of the molecule is C[C@@H]1CN(c2ccc(C(=O)N3CSC[C@@H]3C(=O)NCc3ccccc3)cn2)C[C@H](C)O1. The van der Waals surface area contributed by atoms with E-state index in [2.05, 4.69) is 29.0 Å². The molecule has 2 aliphatic heterocycles. The van der Waals surface area contributed by atoms with Crippen molar-refractivity contribution in [1.29, 1.82) is 0 Å². The Morgan fingerprint density at radius 3 is 2.55 bits per heavy atom. The van der Waals surface area contributed by atoms with E-state index in [-0.39, 0.29) is 24.0 Å². The minimum atomic E-state index is -0.471. The van der Waals surface area contributed by atoms with Crippen molar-refractivity contribution in [1.82, 2.24) is 15.2 Å². The number of hydrogen-bond donors (Lipinski definition) is 1. The van der Waals surface area contributed by atoms with E-state index in [9.17, 15) is 9.59 Å². The highest BCUT2D eigenvalue weighted by Crippen LogP contribution is 2.24. The second kappa shape index (κ2) is 9.70. The van der Waals surface area contributed by atoms with Crippen molar-refractivity contribution in [3.8, 4) is 0 Å². The van der Waals surface area contributed by atoms with Gasteiger partial charge in [-0.25, -0.2) is 4.98 Å². The standard InChI is InChI=1S/C23H28N4O3S/c1-16-12-26(13-17(2)30-16)21-9-8-19(11-24-21)23(29)27-15-31-14-20(27)22(28)25-10-18-6-4-3-5-7-18/h3-9,11,16-17,20H,10,12-15H2,1-2H3,(H,25,28)/t16-,17+,20-/m1/s1. The van der Waals surface area contributed by atoms with Gasteiger partial charge in [-0.2, -0.15) is 0 Å². The van der Waals surface area contributed by atoms with Gasteiger partial charge in [-0.3, -0.25) is 9.59 Å².